The average molecular weight is 772 g/mol. The van der Waals surface area contributed by atoms with E-state index in [9.17, 15) is 0 Å². The van der Waals surface area contributed by atoms with Gasteiger partial charge in [-0.05, 0) is 0 Å². The minimum absolute atomic E-state index is 0.750. The van der Waals surface area contributed by atoms with E-state index in [4.69, 9.17) is 0 Å². The zero-order valence-corrected chi connectivity index (χ0v) is 38.4. The summed E-state index contributed by atoms with van der Waals surface area (Å²) in [5, 5.41) is 0. The van der Waals surface area contributed by atoms with E-state index in [-0.39, 0.29) is 0 Å². The molecule has 0 aromatic heterocycles. The first-order valence-electron chi connectivity index (χ1n) is 19.3. The predicted octanol–water partition coefficient (Wildman–Crippen LogP) is 13.1. The maximum Gasteiger partial charge on any atom is 0.191 e. The van der Waals surface area contributed by atoms with E-state index < -0.39 is 14.3 Å². The Labute approximate surface area is 333 Å². The van der Waals surface area contributed by atoms with Gasteiger partial charge in [0.25, 0.3) is 0 Å². The molecular weight excluding hydrogens is 712 g/mol. The second-order valence-corrected chi connectivity index (χ2v) is 21.6. The van der Waals surface area contributed by atoms with Gasteiger partial charge in [0.1, 0.15) is 0 Å². The van der Waals surface area contributed by atoms with Gasteiger partial charge < -0.3 is 0 Å². The van der Waals surface area contributed by atoms with Crippen molar-refractivity contribution in [1.29, 1.82) is 0 Å². The van der Waals surface area contributed by atoms with Crippen molar-refractivity contribution in [3.8, 4) is 44.5 Å². The minimum atomic E-state index is -2.38. The van der Waals surface area contributed by atoms with Gasteiger partial charge in [0, 0.05) is 0 Å². The van der Waals surface area contributed by atoms with Crippen LogP contribution >= 0.6 is 0 Å². The molecule has 0 unspecified atom stereocenters. The van der Waals surface area contributed by atoms with Crippen LogP contribution in [0, 0.1) is 83.1 Å². The molecule has 6 rings (SSSR count). The van der Waals surface area contributed by atoms with Gasteiger partial charge in [0.15, 0.2) is 15.2 Å². The molecule has 0 atom stereocenters. The van der Waals surface area contributed by atoms with E-state index in [1.54, 1.807) is 8.79 Å². The standard InChI is InChI=1S/C49H53Ge.2CH3.Al/c1-28-20-32(5)44(33(6)21-28)40-16-14-17-41(45-34(7)22-29(2)23-35(45)8)48(40)50(13)49-42(46-36(9)24-30(3)25-37(46)10)18-15-19-43(49)47-38(11)26-31(4)27-39(47)12;;;/h14-27H,1-13H3;2*1H3;. The van der Waals surface area contributed by atoms with Gasteiger partial charge in [-0.3, -0.25) is 0 Å². The van der Waals surface area contributed by atoms with E-state index in [1.807, 2.05) is 0 Å². The molecule has 0 fully saturated rings. The first kappa shape index (κ1) is 40.6. The van der Waals surface area contributed by atoms with Crippen LogP contribution in [0.4, 0.5) is 0 Å². The topological polar surface area (TPSA) is 0 Å². The van der Waals surface area contributed by atoms with Crippen LogP contribution in [0.5, 0.6) is 0 Å². The zero-order valence-electron chi connectivity index (χ0n) is 35.2. The summed E-state index contributed by atoms with van der Waals surface area (Å²) >= 11 is -1.63. The minimum Gasteiger partial charge on any atom is -0.115 e. The molecule has 0 saturated heterocycles. The molecule has 0 aliphatic carbocycles. The van der Waals surface area contributed by atoms with Crippen LogP contribution in [-0.4, -0.2) is 29.6 Å². The Hall–Kier alpha value is -3.60. The molecule has 2 radical (unpaired) electrons. The smallest absolute Gasteiger partial charge is 0.115 e. The number of benzene rings is 6. The number of rotatable bonds is 6. The molecule has 0 saturated carbocycles. The second kappa shape index (κ2) is 16.8. The van der Waals surface area contributed by atoms with Gasteiger partial charge in [-0.15, -0.1) is 11.6 Å². The molecule has 6 aromatic carbocycles. The zero-order chi connectivity index (χ0) is 38.9. The monoisotopic (exact) mass is 772 g/mol. The Morgan fingerprint density at radius 1 is 0.340 bits per heavy atom. The van der Waals surface area contributed by atoms with Crippen molar-refractivity contribution in [3.05, 3.63) is 152 Å². The molecule has 0 bridgehead atoms. The Balaban J connectivity index is 0.00000175. The molecule has 0 nitrogen and oxygen atoms in total. The molecule has 0 spiro atoms. The first-order valence-corrected chi connectivity index (χ1v) is 25.8. The third kappa shape index (κ3) is 8.25. The summed E-state index contributed by atoms with van der Waals surface area (Å²) in [6.07, 6.45) is 0. The Bertz CT molecular complexity index is 1920. The molecule has 270 valence electrons. The fourth-order valence-electron chi connectivity index (χ4n) is 9.29. The normalized spacial score (nSPS) is 11.1. The van der Waals surface area contributed by atoms with Crippen LogP contribution in [0.3, 0.4) is 0 Å². The summed E-state index contributed by atoms with van der Waals surface area (Å²) in [5.74, 6) is 7.06. The van der Waals surface area contributed by atoms with Crippen molar-refractivity contribution in [1.82, 2.24) is 0 Å². The van der Waals surface area contributed by atoms with Crippen LogP contribution in [0.2, 0.25) is 17.3 Å². The van der Waals surface area contributed by atoms with Gasteiger partial charge in [-0.2, -0.15) is 0 Å². The number of hydrogen-bond donors (Lipinski definition) is 0. The SMILES string of the molecule is Cc1cc(C)c(-c2cccc(-c3c(C)cc(C)cc3C)[c]2[Ge]([CH3])[c]2c(-c3c(C)cc(C)cc3C)cccc2-c2c(C)cc(C)cc2C)c(C)c1.[CH3][Al][CH3]. The van der Waals surface area contributed by atoms with Gasteiger partial charge in [-0.1, -0.05) is 0 Å². The maximum absolute atomic E-state index is 2.64. The van der Waals surface area contributed by atoms with Gasteiger partial charge in [0.2, 0.25) is 0 Å². The van der Waals surface area contributed by atoms with Crippen LogP contribution in [-0.2, 0) is 0 Å². The predicted molar refractivity (Wildman–Crippen MR) is 240 cm³/mol. The van der Waals surface area contributed by atoms with E-state index in [0.29, 0.717) is 0 Å². The molecular formula is C51H59AlGe. The van der Waals surface area contributed by atoms with E-state index in [0.717, 1.165) is 15.2 Å². The van der Waals surface area contributed by atoms with Gasteiger partial charge in [-0.25, -0.2) is 0 Å². The number of hydrogen-bond acceptors (Lipinski definition) is 0. The van der Waals surface area contributed by atoms with Crippen LogP contribution in [0.15, 0.2) is 84.9 Å². The van der Waals surface area contributed by atoms with Crippen LogP contribution in [0.1, 0.15) is 66.8 Å². The quantitative estimate of drug-likeness (QED) is 0.148. The Morgan fingerprint density at radius 2 is 0.509 bits per heavy atom. The van der Waals surface area contributed by atoms with Crippen LogP contribution in [0.25, 0.3) is 44.5 Å². The fourth-order valence-corrected chi connectivity index (χ4v) is 15.0. The summed E-state index contributed by atoms with van der Waals surface area (Å²) in [6.45, 7) is 27.3. The van der Waals surface area contributed by atoms with Crippen molar-refractivity contribution < 1.29 is 0 Å². The summed E-state index contributed by atoms with van der Waals surface area (Å²) in [5.41, 5.74) is 27.3. The van der Waals surface area contributed by atoms with E-state index in [2.05, 4.69) is 185 Å². The number of aryl methyl sites for hydroxylation is 12. The third-order valence-electron chi connectivity index (χ3n) is 10.7. The van der Waals surface area contributed by atoms with Crippen molar-refractivity contribution in [3.63, 3.8) is 0 Å². The molecule has 0 heterocycles. The molecule has 6 aromatic rings. The van der Waals surface area contributed by atoms with E-state index in [1.165, 1.54) is 111 Å². The first-order chi connectivity index (χ1) is 25.1. The molecule has 0 N–H and O–H groups in total. The van der Waals surface area contributed by atoms with Crippen molar-refractivity contribution in [2.75, 3.05) is 0 Å². The van der Waals surface area contributed by atoms with Gasteiger partial charge >= 0.3 is 308 Å². The molecule has 2 heteroatoms. The van der Waals surface area contributed by atoms with Gasteiger partial charge in [0.05, 0.1) is 0 Å². The second-order valence-electron chi connectivity index (χ2n) is 15.8. The van der Waals surface area contributed by atoms with Crippen LogP contribution < -0.4 is 8.79 Å². The van der Waals surface area contributed by atoms with Crippen molar-refractivity contribution >= 4 is 38.4 Å². The largest absolute Gasteiger partial charge is 0.191 e. The average Bonchev–Trinajstić information content (AvgIpc) is 3.03. The maximum atomic E-state index is 2.64. The summed E-state index contributed by atoms with van der Waals surface area (Å²) in [4.78, 5) is 0. The van der Waals surface area contributed by atoms with Crippen molar-refractivity contribution in [2.45, 2.75) is 100 Å². The molecule has 0 aliphatic rings. The van der Waals surface area contributed by atoms with Crippen molar-refractivity contribution in [2.24, 2.45) is 0 Å². The Morgan fingerprint density at radius 3 is 0.679 bits per heavy atom. The van der Waals surface area contributed by atoms with E-state index >= 15 is 0 Å². The molecule has 0 amide bonds. The summed E-state index contributed by atoms with van der Waals surface area (Å²) in [6, 6.07) is 33.3. The summed E-state index contributed by atoms with van der Waals surface area (Å²) in [7, 11) is 0. The third-order valence-corrected chi connectivity index (χ3v) is 16.1. The summed E-state index contributed by atoms with van der Waals surface area (Å²) < 4.78 is 3.13. The molecule has 53 heavy (non-hydrogen) atoms. The molecule has 0 aliphatic heterocycles. The fraction of sp³-hybridized carbons (Fsp3) is 0.294. The Kier molecular flexibility index (Phi) is 12.9.